The van der Waals surface area contributed by atoms with Crippen LogP contribution in [0.4, 0.5) is 0 Å². The van der Waals surface area contributed by atoms with Crippen molar-refractivity contribution in [2.24, 2.45) is 0 Å². The summed E-state index contributed by atoms with van der Waals surface area (Å²) in [5.74, 6) is 1.42. The van der Waals surface area contributed by atoms with Crippen molar-refractivity contribution >= 4 is 27.5 Å². The van der Waals surface area contributed by atoms with Crippen LogP contribution in [0.25, 0.3) is 0 Å². The van der Waals surface area contributed by atoms with E-state index in [2.05, 4.69) is 28.1 Å². The van der Waals surface area contributed by atoms with Crippen molar-refractivity contribution in [3.05, 3.63) is 58.6 Å². The van der Waals surface area contributed by atoms with Crippen LogP contribution in [-0.4, -0.2) is 13.7 Å². The number of methoxy groups -OCH3 is 1. The Morgan fingerprint density at radius 2 is 1.90 bits per heavy atom. The van der Waals surface area contributed by atoms with Gasteiger partial charge < -0.3 is 9.47 Å². The van der Waals surface area contributed by atoms with E-state index in [1.807, 2.05) is 24.3 Å². The van der Waals surface area contributed by atoms with Crippen molar-refractivity contribution in [2.75, 3.05) is 13.7 Å². The van der Waals surface area contributed by atoms with Gasteiger partial charge in [0.25, 0.3) is 0 Å². The minimum atomic E-state index is 0.599. The summed E-state index contributed by atoms with van der Waals surface area (Å²) in [7, 11) is 1.62. The lowest BCUT2D eigenvalue weighted by Crippen LogP contribution is -2.04. The first-order valence-corrected chi connectivity index (χ1v) is 7.83. The SMILES string of the molecule is COc1cc(Cl)cc(CBr)c1OCCc1ccccc1. The summed E-state index contributed by atoms with van der Waals surface area (Å²) in [6, 6.07) is 13.9. The molecule has 0 saturated carbocycles. The van der Waals surface area contributed by atoms with E-state index in [4.69, 9.17) is 21.1 Å². The molecule has 0 N–H and O–H groups in total. The van der Waals surface area contributed by atoms with Crippen LogP contribution < -0.4 is 9.47 Å². The molecule has 2 nitrogen and oxygen atoms in total. The molecule has 2 rings (SSSR count). The Bertz CT molecular complexity index is 533. The molecule has 0 spiro atoms. The minimum absolute atomic E-state index is 0.599. The average Bonchev–Trinajstić information content (AvgIpc) is 2.49. The van der Waals surface area contributed by atoms with E-state index in [1.165, 1.54) is 5.56 Å². The predicted molar refractivity (Wildman–Crippen MR) is 86.3 cm³/mol. The maximum absolute atomic E-state index is 6.05. The molecule has 0 heterocycles. The lowest BCUT2D eigenvalue weighted by Gasteiger charge is -2.14. The molecule has 106 valence electrons. The van der Waals surface area contributed by atoms with Gasteiger partial charge in [-0.1, -0.05) is 57.9 Å². The highest BCUT2D eigenvalue weighted by Gasteiger charge is 2.12. The van der Waals surface area contributed by atoms with E-state index in [-0.39, 0.29) is 0 Å². The van der Waals surface area contributed by atoms with Gasteiger partial charge in [-0.2, -0.15) is 0 Å². The van der Waals surface area contributed by atoms with Crippen LogP contribution in [0.15, 0.2) is 42.5 Å². The van der Waals surface area contributed by atoms with E-state index in [0.717, 1.165) is 17.7 Å². The number of rotatable bonds is 6. The van der Waals surface area contributed by atoms with Crippen molar-refractivity contribution in [1.82, 2.24) is 0 Å². The molecule has 2 aromatic rings. The second-order valence-corrected chi connectivity index (χ2v) is 5.31. The normalized spacial score (nSPS) is 10.3. The van der Waals surface area contributed by atoms with Gasteiger partial charge in [-0.15, -0.1) is 0 Å². The number of halogens is 2. The van der Waals surface area contributed by atoms with E-state index < -0.39 is 0 Å². The van der Waals surface area contributed by atoms with Crippen LogP contribution in [0.3, 0.4) is 0 Å². The number of ether oxygens (including phenoxy) is 2. The van der Waals surface area contributed by atoms with Crippen molar-refractivity contribution in [3.8, 4) is 11.5 Å². The third-order valence-corrected chi connectivity index (χ3v) is 3.76. The van der Waals surface area contributed by atoms with Gasteiger partial charge in [0.05, 0.1) is 13.7 Å². The first-order valence-electron chi connectivity index (χ1n) is 6.33. The van der Waals surface area contributed by atoms with Gasteiger partial charge in [0.15, 0.2) is 11.5 Å². The van der Waals surface area contributed by atoms with Crippen molar-refractivity contribution < 1.29 is 9.47 Å². The zero-order chi connectivity index (χ0) is 14.4. The highest BCUT2D eigenvalue weighted by Crippen LogP contribution is 2.35. The summed E-state index contributed by atoms with van der Waals surface area (Å²) in [6.45, 7) is 0.599. The molecule has 0 radical (unpaired) electrons. The lowest BCUT2D eigenvalue weighted by atomic mass is 10.1. The fourth-order valence-electron chi connectivity index (χ4n) is 1.95. The molecule has 0 saturated heterocycles. The Balaban J connectivity index is 2.08. The highest BCUT2D eigenvalue weighted by molar-refractivity contribution is 9.08. The summed E-state index contributed by atoms with van der Waals surface area (Å²) in [5, 5.41) is 1.32. The average molecular weight is 356 g/mol. The minimum Gasteiger partial charge on any atom is -0.493 e. The second-order valence-electron chi connectivity index (χ2n) is 4.31. The number of hydrogen-bond donors (Lipinski definition) is 0. The summed E-state index contributed by atoms with van der Waals surface area (Å²) in [5.41, 5.74) is 2.24. The molecule has 0 unspecified atom stereocenters. The van der Waals surface area contributed by atoms with Crippen LogP contribution in [0.1, 0.15) is 11.1 Å². The lowest BCUT2D eigenvalue weighted by molar-refractivity contribution is 0.295. The van der Waals surface area contributed by atoms with Gasteiger partial charge >= 0.3 is 0 Å². The summed E-state index contributed by atoms with van der Waals surface area (Å²) < 4.78 is 11.2. The van der Waals surface area contributed by atoms with Gasteiger partial charge in [-0.05, 0) is 11.6 Å². The Kier molecular flexibility index (Phi) is 5.74. The number of benzene rings is 2. The summed E-state index contributed by atoms with van der Waals surface area (Å²) >= 11 is 9.50. The predicted octanol–water partition coefficient (Wildman–Crippen LogP) is 4.87. The van der Waals surface area contributed by atoms with E-state index in [1.54, 1.807) is 13.2 Å². The Morgan fingerprint density at radius 3 is 2.55 bits per heavy atom. The quantitative estimate of drug-likeness (QED) is 0.689. The molecule has 20 heavy (non-hydrogen) atoms. The van der Waals surface area contributed by atoms with Gasteiger partial charge in [0.2, 0.25) is 0 Å². The molecule has 0 bridgehead atoms. The molecule has 0 atom stereocenters. The van der Waals surface area contributed by atoms with E-state index in [0.29, 0.717) is 22.7 Å². The molecule has 4 heteroatoms. The Hall–Kier alpha value is -1.19. The molecule has 0 aliphatic rings. The zero-order valence-electron chi connectivity index (χ0n) is 11.2. The van der Waals surface area contributed by atoms with Crippen LogP contribution in [0, 0.1) is 0 Å². The standard InChI is InChI=1S/C16H16BrClO2/c1-19-15-10-14(18)9-13(11-17)16(15)20-8-7-12-5-3-2-4-6-12/h2-6,9-10H,7-8,11H2,1H3. The second kappa shape index (κ2) is 7.55. The van der Waals surface area contributed by atoms with Crippen LogP contribution in [0.5, 0.6) is 11.5 Å². The largest absolute Gasteiger partial charge is 0.493 e. The van der Waals surface area contributed by atoms with Crippen LogP contribution in [0.2, 0.25) is 5.02 Å². The highest BCUT2D eigenvalue weighted by atomic mass is 79.9. The Morgan fingerprint density at radius 1 is 1.15 bits per heavy atom. The third kappa shape index (κ3) is 3.90. The number of alkyl halides is 1. The summed E-state index contributed by atoms with van der Waals surface area (Å²) in [4.78, 5) is 0. The van der Waals surface area contributed by atoms with Crippen LogP contribution in [-0.2, 0) is 11.8 Å². The summed E-state index contributed by atoms with van der Waals surface area (Å²) in [6.07, 6.45) is 0.856. The van der Waals surface area contributed by atoms with E-state index >= 15 is 0 Å². The molecule has 0 aliphatic carbocycles. The fourth-order valence-corrected chi connectivity index (χ4v) is 2.60. The van der Waals surface area contributed by atoms with Crippen molar-refractivity contribution in [1.29, 1.82) is 0 Å². The maximum atomic E-state index is 6.05. The Labute approximate surface area is 132 Å². The van der Waals surface area contributed by atoms with Gasteiger partial charge in [-0.3, -0.25) is 0 Å². The molecular formula is C16H16BrClO2. The first kappa shape index (κ1) is 15.2. The topological polar surface area (TPSA) is 18.5 Å². The van der Waals surface area contributed by atoms with Crippen molar-refractivity contribution in [2.45, 2.75) is 11.8 Å². The van der Waals surface area contributed by atoms with Crippen LogP contribution >= 0.6 is 27.5 Å². The molecule has 0 aromatic heterocycles. The van der Waals surface area contributed by atoms with E-state index in [9.17, 15) is 0 Å². The van der Waals surface area contributed by atoms with Gasteiger partial charge in [0.1, 0.15) is 0 Å². The van der Waals surface area contributed by atoms with Gasteiger partial charge in [-0.25, -0.2) is 0 Å². The molecule has 0 fully saturated rings. The maximum Gasteiger partial charge on any atom is 0.165 e. The fraction of sp³-hybridized carbons (Fsp3) is 0.250. The van der Waals surface area contributed by atoms with Gasteiger partial charge in [0, 0.05) is 28.4 Å². The molecular weight excluding hydrogens is 340 g/mol. The smallest absolute Gasteiger partial charge is 0.165 e. The number of hydrogen-bond acceptors (Lipinski definition) is 2. The third-order valence-electron chi connectivity index (χ3n) is 2.94. The molecule has 0 amide bonds. The van der Waals surface area contributed by atoms with Crippen molar-refractivity contribution in [3.63, 3.8) is 0 Å². The first-order chi connectivity index (χ1) is 9.74. The zero-order valence-corrected chi connectivity index (χ0v) is 13.6. The monoisotopic (exact) mass is 354 g/mol. The molecule has 0 aliphatic heterocycles. The molecule has 2 aromatic carbocycles.